The molecule has 2 aromatic heterocycles. The van der Waals surface area contributed by atoms with E-state index in [0.717, 1.165) is 12.8 Å². The molecule has 40 heavy (non-hydrogen) atoms. The highest BCUT2D eigenvalue weighted by atomic mass is 32.6. The standard InChI is InChI=1S/C27H48N6O4P2S/c1-3-4-5-6-7-8-9-10-11-12-13-14-15-16-21(34)29-17-20-23(37-39(38)40)24(35-2)27(36-20)33-19-32-22-25(28)30-18-31-26(22)33/h18-20,23-24,27,39H,3-17,38H2,1-2H3,(H,29,34)(H2,28,30,31)/t20-,23?,24?,27-/m1/s1. The van der Waals surface area contributed by atoms with Crippen molar-refractivity contribution in [1.29, 1.82) is 0 Å². The number of carbonyl (C=O) groups excluding carboxylic acids is 1. The maximum atomic E-state index is 12.6. The molecule has 0 aromatic carbocycles. The maximum absolute atomic E-state index is 12.6. The highest BCUT2D eigenvalue weighted by Crippen LogP contribution is 2.42. The molecule has 0 aliphatic carbocycles. The highest BCUT2D eigenvalue weighted by molar-refractivity contribution is 8.31. The van der Waals surface area contributed by atoms with E-state index in [4.69, 9.17) is 31.5 Å². The number of methoxy groups -OCH3 is 1. The number of hydrogen-bond donors (Lipinski definition) is 2. The average molecular weight is 615 g/mol. The molecule has 3 rings (SSSR count). The van der Waals surface area contributed by atoms with Gasteiger partial charge in [0.1, 0.15) is 30.2 Å². The van der Waals surface area contributed by atoms with Gasteiger partial charge in [-0.3, -0.25) is 9.36 Å². The molecular formula is C27H48N6O4P2S. The summed E-state index contributed by atoms with van der Waals surface area (Å²) in [5.74, 6) is 0.313. The number of unbranched alkanes of at least 4 members (excludes halogenated alkanes) is 12. The van der Waals surface area contributed by atoms with E-state index in [9.17, 15) is 4.79 Å². The van der Waals surface area contributed by atoms with Crippen molar-refractivity contribution in [1.82, 2.24) is 24.8 Å². The first-order valence-corrected chi connectivity index (χ1v) is 19.1. The molecule has 1 fully saturated rings. The lowest BCUT2D eigenvalue weighted by atomic mass is 10.0. The zero-order valence-corrected chi connectivity index (χ0v) is 27.0. The molecule has 4 unspecified atom stereocenters. The second-order valence-corrected chi connectivity index (χ2v) is 15.5. The number of imidazole rings is 1. The SMILES string of the molecule is CCCCCCCCCCCCCCCC(=O)NC[C@H]1O[C@@H](n2cnc3c(N)ncnc32)C(OC)C1O[PH](P)=S. The Labute approximate surface area is 246 Å². The number of nitrogens with one attached hydrogen (secondary N) is 1. The van der Waals surface area contributed by atoms with E-state index < -0.39 is 31.2 Å². The fraction of sp³-hybridized carbons (Fsp3) is 0.778. The van der Waals surface area contributed by atoms with E-state index in [1.54, 1.807) is 18.0 Å². The van der Waals surface area contributed by atoms with Crippen molar-refractivity contribution in [3.8, 4) is 0 Å². The van der Waals surface area contributed by atoms with Crippen molar-refractivity contribution in [3.63, 3.8) is 0 Å². The average Bonchev–Trinajstić information content (AvgIpc) is 3.51. The van der Waals surface area contributed by atoms with Crippen molar-refractivity contribution in [2.45, 2.75) is 121 Å². The molecule has 1 aliphatic heterocycles. The van der Waals surface area contributed by atoms with E-state index in [2.05, 4.69) is 36.1 Å². The van der Waals surface area contributed by atoms with Gasteiger partial charge in [0.15, 0.2) is 17.7 Å². The fourth-order valence-electron chi connectivity index (χ4n) is 5.29. The number of ether oxygens (including phenoxy) is 2. The number of nitrogens with two attached hydrogens (primary N) is 1. The number of amides is 1. The number of rotatable bonds is 20. The van der Waals surface area contributed by atoms with E-state index in [0.29, 0.717) is 29.9 Å². The van der Waals surface area contributed by atoms with Gasteiger partial charge < -0.3 is 25.0 Å². The van der Waals surface area contributed by atoms with Crippen LogP contribution < -0.4 is 11.1 Å². The van der Waals surface area contributed by atoms with E-state index >= 15 is 0 Å². The number of anilines is 1. The molecule has 226 valence electrons. The number of nitrogen functional groups attached to an aromatic ring is 1. The van der Waals surface area contributed by atoms with Crippen LogP contribution in [0.2, 0.25) is 0 Å². The Bertz CT molecular complexity index is 1060. The summed E-state index contributed by atoms with van der Waals surface area (Å²) in [4.78, 5) is 25.3. The Balaban J connectivity index is 1.39. The molecule has 13 heteroatoms. The van der Waals surface area contributed by atoms with Crippen LogP contribution in [0.5, 0.6) is 0 Å². The predicted molar refractivity (Wildman–Crippen MR) is 168 cm³/mol. The minimum absolute atomic E-state index is 0.0196. The zero-order chi connectivity index (χ0) is 28.7. The third-order valence-corrected chi connectivity index (χ3v) is 8.68. The smallest absolute Gasteiger partial charge is 0.220 e. The second kappa shape index (κ2) is 18.3. The van der Waals surface area contributed by atoms with Crippen molar-refractivity contribution in [2.75, 3.05) is 19.4 Å². The van der Waals surface area contributed by atoms with Crippen molar-refractivity contribution in [2.24, 2.45) is 0 Å². The topological polar surface area (TPSA) is 126 Å². The summed E-state index contributed by atoms with van der Waals surface area (Å²) in [6.45, 7) is 1.02. The third-order valence-electron chi connectivity index (χ3n) is 7.48. The van der Waals surface area contributed by atoms with Crippen LogP contribution >= 0.6 is 15.5 Å². The molecule has 3 heterocycles. The van der Waals surface area contributed by atoms with Gasteiger partial charge in [0.2, 0.25) is 5.91 Å². The number of fused-ring (bicyclic) bond motifs is 1. The first kappa shape index (κ1) is 33.3. The van der Waals surface area contributed by atoms with E-state index in [1.165, 1.54) is 77.0 Å². The molecule has 1 saturated heterocycles. The number of carbonyl (C=O) groups is 1. The summed E-state index contributed by atoms with van der Waals surface area (Å²) >= 11 is 5.37. The molecule has 1 amide bonds. The fourth-order valence-corrected chi connectivity index (χ4v) is 6.64. The summed E-state index contributed by atoms with van der Waals surface area (Å²) < 4.78 is 20.0. The van der Waals surface area contributed by atoms with Crippen LogP contribution in [0.1, 0.15) is 103 Å². The number of aromatic nitrogens is 4. The minimum Gasteiger partial charge on any atom is -0.382 e. The Kier molecular flexibility index (Phi) is 15.3. The second-order valence-electron chi connectivity index (χ2n) is 10.5. The van der Waals surface area contributed by atoms with Gasteiger partial charge in [0.05, 0.1) is 12.9 Å². The molecule has 0 spiro atoms. The summed E-state index contributed by atoms with van der Waals surface area (Å²) in [5.41, 5.74) is 7.00. The van der Waals surface area contributed by atoms with Crippen molar-refractivity contribution >= 4 is 50.2 Å². The maximum Gasteiger partial charge on any atom is 0.220 e. The Morgan fingerprint density at radius 3 is 2.27 bits per heavy atom. The van der Waals surface area contributed by atoms with Crippen LogP contribution in [-0.4, -0.2) is 57.4 Å². The molecule has 0 bridgehead atoms. The van der Waals surface area contributed by atoms with Gasteiger partial charge in [-0.25, -0.2) is 15.0 Å². The molecule has 0 saturated carbocycles. The lowest BCUT2D eigenvalue weighted by Crippen LogP contribution is -2.41. The molecule has 6 atom stereocenters. The quantitative estimate of drug-likeness (QED) is 0.143. The van der Waals surface area contributed by atoms with Crippen LogP contribution in [0.25, 0.3) is 11.2 Å². The number of hydrogen-bond acceptors (Lipinski definition) is 9. The normalized spacial score (nSPS) is 21.7. The molecule has 10 nitrogen and oxygen atoms in total. The Morgan fingerprint density at radius 2 is 1.68 bits per heavy atom. The monoisotopic (exact) mass is 614 g/mol. The first-order chi connectivity index (χ1) is 19.5. The van der Waals surface area contributed by atoms with Crippen molar-refractivity contribution < 1.29 is 18.8 Å². The molecule has 1 aliphatic rings. The summed E-state index contributed by atoms with van der Waals surface area (Å²) in [7, 11) is 4.16. The lowest BCUT2D eigenvalue weighted by molar-refractivity contribution is -0.122. The van der Waals surface area contributed by atoms with Gasteiger partial charge in [-0.05, 0) is 6.42 Å². The van der Waals surface area contributed by atoms with Crippen molar-refractivity contribution in [3.05, 3.63) is 12.7 Å². The lowest BCUT2D eigenvalue weighted by Gasteiger charge is -2.23. The molecular weight excluding hydrogens is 566 g/mol. The highest BCUT2D eigenvalue weighted by Gasteiger charge is 2.47. The number of nitrogens with zero attached hydrogens (tertiary/aromatic N) is 4. The van der Waals surface area contributed by atoms with Gasteiger partial charge in [-0.15, -0.1) is 0 Å². The van der Waals surface area contributed by atoms with Crippen LogP contribution in [0, 0.1) is 0 Å². The third kappa shape index (κ3) is 10.2. The Morgan fingerprint density at radius 1 is 1.05 bits per heavy atom. The minimum atomic E-state index is -1.55. The zero-order valence-electron chi connectivity index (χ0n) is 24.1. The summed E-state index contributed by atoms with van der Waals surface area (Å²) in [6.07, 6.45) is 18.2. The van der Waals surface area contributed by atoms with Crippen LogP contribution in [0.15, 0.2) is 12.7 Å². The molecule has 0 radical (unpaired) electrons. The Hall–Kier alpha value is -1.22. The van der Waals surface area contributed by atoms with Crippen LogP contribution in [0.3, 0.4) is 0 Å². The van der Waals surface area contributed by atoms with Crippen LogP contribution in [0.4, 0.5) is 5.82 Å². The largest absolute Gasteiger partial charge is 0.382 e. The van der Waals surface area contributed by atoms with E-state index in [1.807, 2.05) is 0 Å². The summed E-state index contributed by atoms with van der Waals surface area (Å²) in [5, 5.41) is 3.03. The van der Waals surface area contributed by atoms with Gasteiger partial charge in [0.25, 0.3) is 0 Å². The predicted octanol–water partition coefficient (Wildman–Crippen LogP) is 5.68. The molecule has 2 aromatic rings. The van der Waals surface area contributed by atoms with E-state index in [-0.39, 0.29) is 5.91 Å². The van der Waals surface area contributed by atoms with Gasteiger partial charge >= 0.3 is 0 Å². The van der Waals surface area contributed by atoms with Crippen LogP contribution in [-0.2, 0) is 30.6 Å². The molecule has 3 N–H and O–H groups in total. The summed E-state index contributed by atoms with van der Waals surface area (Å²) in [6, 6.07) is 0. The van der Waals surface area contributed by atoms with Gasteiger partial charge in [-0.1, -0.05) is 105 Å². The van der Waals surface area contributed by atoms with Gasteiger partial charge in [0, 0.05) is 20.1 Å². The van der Waals surface area contributed by atoms with Gasteiger partial charge in [-0.2, -0.15) is 0 Å². The first-order valence-electron chi connectivity index (χ1n) is 14.8.